The van der Waals surface area contributed by atoms with Crippen molar-refractivity contribution in [1.82, 2.24) is 0 Å². The van der Waals surface area contributed by atoms with E-state index >= 15 is 0 Å². The van der Waals surface area contributed by atoms with Gasteiger partial charge in [0.25, 0.3) is 0 Å². The molecule has 0 radical (unpaired) electrons. The van der Waals surface area contributed by atoms with Crippen LogP contribution in [0.2, 0.25) is 0 Å². The predicted octanol–water partition coefficient (Wildman–Crippen LogP) is 4.38. The zero-order chi connectivity index (χ0) is 14.1. The summed E-state index contributed by atoms with van der Waals surface area (Å²) in [4.78, 5) is 11.5. The molecule has 0 aromatic heterocycles. The van der Waals surface area contributed by atoms with E-state index in [9.17, 15) is 18.0 Å². The lowest BCUT2D eigenvalue weighted by Gasteiger charge is -2.16. The van der Waals surface area contributed by atoms with E-state index in [1.165, 1.54) is 6.07 Å². The Morgan fingerprint density at radius 1 is 1.33 bits per heavy atom. The average molecular weight is 325 g/mol. The molecule has 0 saturated heterocycles. The predicted molar refractivity (Wildman–Crippen MR) is 64.6 cm³/mol. The molecule has 2 nitrogen and oxygen atoms in total. The van der Waals surface area contributed by atoms with E-state index in [0.29, 0.717) is 5.56 Å². The number of alkyl halides is 3. The Labute approximate surface area is 111 Å². The van der Waals surface area contributed by atoms with Crippen molar-refractivity contribution in [3.8, 4) is 0 Å². The molecule has 0 fully saturated rings. The highest BCUT2D eigenvalue weighted by atomic mass is 79.9. The molecule has 1 aromatic rings. The van der Waals surface area contributed by atoms with Crippen LogP contribution in [0.4, 0.5) is 13.2 Å². The molecular weight excluding hydrogens is 313 g/mol. The number of hydrogen-bond donors (Lipinski definition) is 0. The van der Waals surface area contributed by atoms with Crippen LogP contribution >= 0.6 is 15.9 Å². The first-order valence-electron chi connectivity index (χ1n) is 5.17. The second-order valence-corrected chi connectivity index (χ2v) is 4.92. The summed E-state index contributed by atoms with van der Waals surface area (Å²) in [5, 5.41) is 0. The molecule has 0 amide bonds. The second kappa shape index (κ2) is 5.30. The van der Waals surface area contributed by atoms with E-state index in [-0.39, 0.29) is 16.0 Å². The maximum atomic E-state index is 12.7. The van der Waals surface area contributed by atoms with Crippen LogP contribution in [-0.4, -0.2) is 13.1 Å². The molecule has 0 heterocycles. The third kappa shape index (κ3) is 3.04. The van der Waals surface area contributed by atoms with E-state index in [1.807, 2.05) is 0 Å². The van der Waals surface area contributed by atoms with Crippen molar-refractivity contribution in [1.29, 1.82) is 0 Å². The summed E-state index contributed by atoms with van der Waals surface area (Å²) in [5.74, 6) is -0.852. The molecule has 0 unspecified atom stereocenters. The Morgan fingerprint density at radius 2 is 1.89 bits per heavy atom. The van der Waals surface area contributed by atoms with Crippen LogP contribution in [0.25, 0.3) is 0 Å². The number of halogens is 4. The van der Waals surface area contributed by atoms with Crippen LogP contribution in [0, 0.1) is 0 Å². The number of hydrogen-bond acceptors (Lipinski definition) is 2. The molecule has 6 heteroatoms. The van der Waals surface area contributed by atoms with Gasteiger partial charge in [-0.3, -0.25) is 0 Å². The molecule has 0 aliphatic heterocycles. The van der Waals surface area contributed by atoms with Crippen LogP contribution in [0.15, 0.2) is 16.6 Å². The van der Waals surface area contributed by atoms with Gasteiger partial charge in [-0.1, -0.05) is 29.8 Å². The number of carbonyl (C=O) groups is 1. The normalized spacial score (nSPS) is 11.8. The van der Waals surface area contributed by atoms with Gasteiger partial charge in [-0.05, 0) is 23.6 Å². The average Bonchev–Trinajstić information content (AvgIpc) is 2.25. The highest BCUT2D eigenvalue weighted by Crippen LogP contribution is 2.38. The van der Waals surface area contributed by atoms with Gasteiger partial charge >= 0.3 is 12.1 Å². The largest absolute Gasteiger partial charge is 0.465 e. The summed E-state index contributed by atoms with van der Waals surface area (Å²) in [6.45, 7) is 3.59. The molecular formula is C12H12BrF3O2. The molecule has 0 spiro atoms. The molecule has 0 N–H and O–H groups in total. The molecule has 0 bridgehead atoms. The minimum absolute atomic E-state index is 0.0528. The monoisotopic (exact) mass is 324 g/mol. The van der Waals surface area contributed by atoms with Crippen LogP contribution in [0.1, 0.15) is 41.3 Å². The molecule has 0 aliphatic rings. The first-order valence-corrected chi connectivity index (χ1v) is 5.96. The summed E-state index contributed by atoms with van der Waals surface area (Å²) in [7, 11) is 1.14. The Morgan fingerprint density at radius 3 is 2.28 bits per heavy atom. The fourth-order valence-electron chi connectivity index (χ4n) is 1.57. The Balaban J connectivity index is 3.50. The number of carbonyl (C=O) groups excluding carboxylic acids is 1. The molecule has 0 atom stereocenters. The van der Waals surface area contributed by atoms with Crippen LogP contribution in [-0.2, 0) is 10.9 Å². The minimum Gasteiger partial charge on any atom is -0.465 e. The summed E-state index contributed by atoms with van der Waals surface area (Å²) in [5.41, 5.74) is -0.419. The van der Waals surface area contributed by atoms with E-state index in [4.69, 9.17) is 0 Å². The van der Waals surface area contributed by atoms with Gasteiger partial charge in [0, 0.05) is 4.47 Å². The third-order valence-corrected chi connectivity index (χ3v) is 3.13. The maximum absolute atomic E-state index is 12.7. The SMILES string of the molecule is COC(=O)c1cc(C(F)(F)F)c(Br)cc1C(C)C. The fourth-order valence-corrected chi connectivity index (χ4v) is 2.16. The van der Waals surface area contributed by atoms with Gasteiger partial charge in [-0.2, -0.15) is 13.2 Å². The Kier molecular flexibility index (Phi) is 4.42. The van der Waals surface area contributed by atoms with Crippen molar-refractivity contribution < 1.29 is 22.7 Å². The quantitative estimate of drug-likeness (QED) is 0.755. The topological polar surface area (TPSA) is 26.3 Å². The molecule has 0 aliphatic carbocycles. The van der Waals surface area contributed by atoms with Gasteiger partial charge in [-0.15, -0.1) is 0 Å². The Hall–Kier alpha value is -1.04. The molecule has 1 rings (SSSR count). The first-order chi connectivity index (χ1) is 8.18. The van der Waals surface area contributed by atoms with E-state index in [0.717, 1.165) is 13.2 Å². The van der Waals surface area contributed by atoms with E-state index in [1.54, 1.807) is 13.8 Å². The lowest BCUT2D eigenvalue weighted by molar-refractivity contribution is -0.138. The molecule has 100 valence electrons. The number of ether oxygens (including phenoxy) is 1. The number of benzene rings is 1. The van der Waals surface area contributed by atoms with Gasteiger partial charge in [0.15, 0.2) is 0 Å². The highest BCUT2D eigenvalue weighted by molar-refractivity contribution is 9.10. The molecule has 1 aromatic carbocycles. The summed E-state index contributed by atoms with van der Waals surface area (Å²) >= 11 is 2.88. The molecule has 18 heavy (non-hydrogen) atoms. The van der Waals surface area contributed by atoms with Crippen molar-refractivity contribution in [2.45, 2.75) is 25.9 Å². The summed E-state index contributed by atoms with van der Waals surface area (Å²) in [6, 6.07) is 2.14. The molecule has 0 saturated carbocycles. The van der Waals surface area contributed by atoms with Gasteiger partial charge in [0.2, 0.25) is 0 Å². The first kappa shape index (κ1) is 15.0. The van der Waals surface area contributed by atoms with Gasteiger partial charge < -0.3 is 4.74 Å². The lowest BCUT2D eigenvalue weighted by Crippen LogP contribution is -2.13. The highest BCUT2D eigenvalue weighted by Gasteiger charge is 2.35. The van der Waals surface area contributed by atoms with E-state index < -0.39 is 17.7 Å². The standard InChI is InChI=1S/C12H12BrF3O2/c1-6(2)7-5-10(13)9(12(14,15)16)4-8(7)11(17)18-3/h4-6H,1-3H3. The van der Waals surface area contributed by atoms with Crippen LogP contribution < -0.4 is 0 Å². The van der Waals surface area contributed by atoms with E-state index in [2.05, 4.69) is 20.7 Å². The van der Waals surface area contributed by atoms with Crippen LogP contribution in [0.5, 0.6) is 0 Å². The Bertz CT molecular complexity index is 467. The lowest BCUT2D eigenvalue weighted by atomic mass is 9.95. The zero-order valence-corrected chi connectivity index (χ0v) is 11.6. The fraction of sp³-hybridized carbons (Fsp3) is 0.417. The minimum atomic E-state index is -4.52. The maximum Gasteiger partial charge on any atom is 0.417 e. The number of methoxy groups -OCH3 is 1. The summed E-state index contributed by atoms with van der Waals surface area (Å²) in [6.07, 6.45) is -4.52. The summed E-state index contributed by atoms with van der Waals surface area (Å²) < 4.78 is 42.7. The van der Waals surface area contributed by atoms with Crippen molar-refractivity contribution in [2.75, 3.05) is 7.11 Å². The smallest absolute Gasteiger partial charge is 0.417 e. The van der Waals surface area contributed by atoms with Crippen molar-refractivity contribution in [3.05, 3.63) is 33.3 Å². The van der Waals surface area contributed by atoms with Gasteiger partial charge in [-0.25, -0.2) is 4.79 Å². The van der Waals surface area contributed by atoms with Gasteiger partial charge in [0.1, 0.15) is 0 Å². The number of esters is 1. The number of rotatable bonds is 2. The van der Waals surface area contributed by atoms with Crippen LogP contribution in [0.3, 0.4) is 0 Å². The van der Waals surface area contributed by atoms with Crippen molar-refractivity contribution in [3.63, 3.8) is 0 Å². The second-order valence-electron chi connectivity index (χ2n) is 4.06. The van der Waals surface area contributed by atoms with Crippen molar-refractivity contribution >= 4 is 21.9 Å². The third-order valence-electron chi connectivity index (χ3n) is 2.47. The zero-order valence-electron chi connectivity index (χ0n) is 10.1. The van der Waals surface area contributed by atoms with Gasteiger partial charge in [0.05, 0.1) is 18.2 Å². The van der Waals surface area contributed by atoms with Crippen molar-refractivity contribution in [2.24, 2.45) is 0 Å².